The van der Waals surface area contributed by atoms with Gasteiger partial charge in [0.1, 0.15) is 11.5 Å². The van der Waals surface area contributed by atoms with Gasteiger partial charge in [0.25, 0.3) is 5.91 Å². The number of halogens is 1. The molecular weight excluding hydrogens is 1010 g/mol. The average Bonchev–Trinajstić information content (AvgIpc) is 4.10. The standard InChI is InChI=1S/C20H22N2O3S3.C15H16O3S3.C8H3BrS3/c1-12-21-15(20(23)22(12)2)9-14-11-17-19(27-14)18-16(28-17)10-13(26-18)5-4-6-25-8-7-24-3;1-17-5-6-18-4-2-3-10-7-12-14(19-10)15-13(21-12)8-11(9-16)20-15;9-6-3-5-8(12-6)7-4(11-5)1-2-10-7/h9-11H,4-8H2,1-3H3;7-9H,2-6H2,1H3;1-3H/b15-9-;;. The maximum Gasteiger partial charge on any atom is 0.277 e. The van der Waals surface area contributed by atoms with Crippen molar-refractivity contribution in [1.29, 1.82) is 0 Å². The fraction of sp³-hybridized carbons (Fsp3) is 0.326. The lowest BCUT2D eigenvalue weighted by atomic mass is 10.3. The minimum Gasteiger partial charge on any atom is -0.382 e. The number of thiophene rings is 9. The fourth-order valence-electron chi connectivity index (χ4n) is 6.45. The van der Waals surface area contributed by atoms with Gasteiger partial charge < -0.3 is 18.9 Å². The maximum absolute atomic E-state index is 12.2. The second kappa shape index (κ2) is 21.1. The predicted octanol–water partition coefficient (Wildman–Crippen LogP) is 14.5. The van der Waals surface area contributed by atoms with Crippen molar-refractivity contribution < 1.29 is 28.5 Å². The van der Waals surface area contributed by atoms with E-state index in [0.29, 0.717) is 32.1 Å². The van der Waals surface area contributed by atoms with Gasteiger partial charge in [0.2, 0.25) is 0 Å². The van der Waals surface area contributed by atoms with Crippen LogP contribution < -0.4 is 0 Å². The molecule has 61 heavy (non-hydrogen) atoms. The molecule has 0 saturated carbocycles. The Morgan fingerprint density at radius 1 is 0.639 bits per heavy atom. The van der Waals surface area contributed by atoms with E-state index in [-0.39, 0.29) is 5.91 Å². The van der Waals surface area contributed by atoms with Crippen molar-refractivity contribution >= 4 is 198 Å². The summed E-state index contributed by atoms with van der Waals surface area (Å²) in [6.07, 6.45) is 6.99. The van der Waals surface area contributed by atoms with Crippen LogP contribution in [-0.2, 0) is 36.6 Å². The number of amides is 1. The van der Waals surface area contributed by atoms with Gasteiger partial charge in [-0.15, -0.1) is 102 Å². The van der Waals surface area contributed by atoms with Gasteiger partial charge in [-0.3, -0.25) is 14.5 Å². The highest BCUT2D eigenvalue weighted by molar-refractivity contribution is 9.11. The highest BCUT2D eigenvalue weighted by atomic mass is 79.9. The van der Waals surface area contributed by atoms with Crippen molar-refractivity contribution in [1.82, 2.24) is 4.90 Å². The number of carbonyl (C=O) groups excluding carboxylic acids is 2. The smallest absolute Gasteiger partial charge is 0.277 e. The number of ether oxygens (including phenoxy) is 4. The van der Waals surface area contributed by atoms with Gasteiger partial charge in [-0.25, -0.2) is 4.99 Å². The number of hydrogen-bond donors (Lipinski definition) is 0. The van der Waals surface area contributed by atoms with E-state index in [0.717, 1.165) is 60.8 Å². The Morgan fingerprint density at radius 2 is 1.16 bits per heavy atom. The first-order chi connectivity index (χ1) is 29.7. The number of rotatable bonds is 16. The van der Waals surface area contributed by atoms with Gasteiger partial charge in [0.15, 0.2) is 6.29 Å². The second-order valence-electron chi connectivity index (χ2n) is 13.7. The largest absolute Gasteiger partial charge is 0.382 e. The number of carbonyl (C=O) groups is 2. The Kier molecular flexibility index (Phi) is 15.7. The van der Waals surface area contributed by atoms with E-state index in [2.05, 4.69) is 56.6 Å². The third-order valence-corrected chi connectivity index (χ3v) is 21.1. The average molecular weight is 1050 g/mol. The molecule has 320 valence electrons. The van der Waals surface area contributed by atoms with E-state index in [4.69, 9.17) is 18.9 Å². The third-order valence-electron chi connectivity index (χ3n) is 9.48. The Balaban J connectivity index is 0.000000136. The molecule has 0 fully saturated rings. The van der Waals surface area contributed by atoms with Crippen LogP contribution in [0.4, 0.5) is 0 Å². The zero-order chi connectivity index (χ0) is 42.5. The number of aliphatic imine (C=N–C) groups is 1. The molecule has 8 nitrogen and oxygen atoms in total. The first kappa shape index (κ1) is 45.3. The minimum absolute atomic E-state index is 0.0365. The molecule has 10 heterocycles. The summed E-state index contributed by atoms with van der Waals surface area (Å²) in [5.74, 6) is 0.705. The van der Waals surface area contributed by atoms with Crippen molar-refractivity contribution in [2.24, 2.45) is 4.99 Å². The molecule has 0 atom stereocenters. The van der Waals surface area contributed by atoms with Gasteiger partial charge in [0.05, 0.1) is 63.3 Å². The first-order valence-electron chi connectivity index (χ1n) is 19.3. The molecule has 0 saturated heterocycles. The van der Waals surface area contributed by atoms with Crippen molar-refractivity contribution in [2.45, 2.75) is 32.6 Å². The molecule has 0 unspecified atom stereocenters. The Hall–Kier alpha value is -2.27. The van der Waals surface area contributed by atoms with Crippen LogP contribution in [0.2, 0.25) is 0 Å². The quantitative estimate of drug-likeness (QED) is 0.0544. The highest BCUT2D eigenvalue weighted by Gasteiger charge is 2.24. The predicted molar refractivity (Wildman–Crippen MR) is 274 cm³/mol. The van der Waals surface area contributed by atoms with E-state index < -0.39 is 0 Å². The molecule has 0 spiro atoms. The molecule has 9 aromatic rings. The maximum atomic E-state index is 12.2. The van der Waals surface area contributed by atoms with Crippen molar-refractivity contribution in [3.05, 3.63) is 70.8 Å². The highest BCUT2D eigenvalue weighted by Crippen LogP contribution is 2.46. The van der Waals surface area contributed by atoms with Gasteiger partial charge in [-0.05, 0) is 96.4 Å². The molecule has 18 heteroatoms. The molecule has 0 aromatic carbocycles. The molecule has 9 aromatic heterocycles. The first-order valence-corrected chi connectivity index (χ1v) is 27.5. The molecular formula is C43H41BrN2O6S9. The zero-order valence-electron chi connectivity index (χ0n) is 33.7. The van der Waals surface area contributed by atoms with Crippen LogP contribution in [0, 0.1) is 0 Å². The van der Waals surface area contributed by atoms with Crippen molar-refractivity contribution in [3.63, 3.8) is 0 Å². The lowest BCUT2D eigenvalue weighted by molar-refractivity contribution is -0.121. The summed E-state index contributed by atoms with van der Waals surface area (Å²) in [5, 5.41) is 2.16. The van der Waals surface area contributed by atoms with Gasteiger partial charge in [0, 0.05) is 77.3 Å². The summed E-state index contributed by atoms with van der Waals surface area (Å²) >= 11 is 19.7. The third kappa shape index (κ3) is 10.7. The van der Waals surface area contributed by atoms with Gasteiger partial charge >= 0.3 is 0 Å². The van der Waals surface area contributed by atoms with Crippen LogP contribution in [0.25, 0.3) is 62.5 Å². The number of fused-ring (bicyclic) bond motifs is 9. The van der Waals surface area contributed by atoms with Crippen LogP contribution in [0.1, 0.15) is 44.1 Å². The Bertz CT molecular complexity index is 2980. The lowest BCUT2D eigenvalue weighted by Crippen LogP contribution is -2.25. The van der Waals surface area contributed by atoms with Gasteiger partial charge in [-0.1, -0.05) is 0 Å². The molecule has 1 aliphatic rings. The molecule has 1 aliphatic heterocycles. The molecule has 10 rings (SSSR count). The second-order valence-corrected chi connectivity index (χ2v) is 24.8. The summed E-state index contributed by atoms with van der Waals surface area (Å²) in [7, 11) is 5.13. The van der Waals surface area contributed by atoms with E-state index >= 15 is 0 Å². The van der Waals surface area contributed by atoms with Crippen LogP contribution >= 0.6 is 118 Å². The van der Waals surface area contributed by atoms with Crippen molar-refractivity contribution in [2.75, 3.05) is 60.9 Å². The zero-order valence-corrected chi connectivity index (χ0v) is 42.6. The monoisotopic (exact) mass is 1050 g/mol. The lowest BCUT2D eigenvalue weighted by Gasteiger charge is -2.05. The number of methoxy groups -OCH3 is 2. The van der Waals surface area contributed by atoms with Crippen LogP contribution in [0.3, 0.4) is 0 Å². The summed E-state index contributed by atoms with van der Waals surface area (Å²) in [5.41, 5.74) is 0.519. The molecule has 0 aliphatic carbocycles. The van der Waals surface area contributed by atoms with E-state index in [9.17, 15) is 9.59 Å². The normalized spacial score (nSPS) is 13.8. The summed E-state index contributed by atoms with van der Waals surface area (Å²) in [6, 6.07) is 13.2. The SMILES string of the molecule is Brc1cc2sc3ccsc3c2s1.COCCOCCCc1cc2sc3cc(/C=C4\N=C(C)N(C)C4=O)sc3c2s1.COCCOCCCc1cc2sc3cc(C=O)sc3c2s1. The van der Waals surface area contributed by atoms with E-state index in [1.165, 1.54) is 69.9 Å². The van der Waals surface area contributed by atoms with Crippen LogP contribution in [0.15, 0.2) is 56.3 Å². The molecule has 0 radical (unpaired) electrons. The number of likely N-dealkylation sites (N-methyl/N-ethyl adjacent to an activating group) is 1. The molecule has 1 amide bonds. The van der Waals surface area contributed by atoms with E-state index in [1.807, 2.05) is 87.1 Å². The topological polar surface area (TPSA) is 86.7 Å². The number of aryl methyl sites for hydroxylation is 2. The van der Waals surface area contributed by atoms with Crippen molar-refractivity contribution in [3.8, 4) is 0 Å². The summed E-state index contributed by atoms with van der Waals surface area (Å²) in [4.78, 5) is 33.7. The number of nitrogens with zero attached hydrogens (tertiary/aromatic N) is 2. The van der Waals surface area contributed by atoms with Crippen LogP contribution in [-0.4, -0.2) is 83.8 Å². The van der Waals surface area contributed by atoms with Gasteiger partial charge in [-0.2, -0.15) is 0 Å². The summed E-state index contributed by atoms with van der Waals surface area (Å²) in [6.45, 7) is 6.03. The summed E-state index contributed by atoms with van der Waals surface area (Å²) < 4.78 is 38.4. The van der Waals surface area contributed by atoms with Crippen LogP contribution in [0.5, 0.6) is 0 Å². The fourth-order valence-corrected chi connectivity index (χ4v) is 18.8. The minimum atomic E-state index is -0.0365. The molecule has 0 N–H and O–H groups in total. The number of amidine groups is 1. The Morgan fingerprint density at radius 3 is 1.74 bits per heavy atom. The van der Waals surface area contributed by atoms with E-state index in [1.54, 1.807) is 60.2 Å². The number of hydrogen-bond acceptors (Lipinski definition) is 16. The molecule has 0 bridgehead atoms. The Labute approximate surface area is 397 Å². The number of aldehydes is 1.